The SMILES string of the molecule is CCCc1nc2sc(C(=O)N3CCNCC3)c(C)c2c(=O)o1. The van der Waals surface area contributed by atoms with Crippen LogP contribution in [0.2, 0.25) is 0 Å². The lowest BCUT2D eigenvalue weighted by Gasteiger charge is -2.27. The first-order chi connectivity index (χ1) is 10.6. The second kappa shape index (κ2) is 6.18. The van der Waals surface area contributed by atoms with E-state index in [2.05, 4.69) is 10.3 Å². The highest BCUT2D eigenvalue weighted by molar-refractivity contribution is 7.20. The number of carbonyl (C=O) groups excluding carboxylic acids is 1. The standard InChI is InChI=1S/C15H19N3O3S/c1-3-4-10-17-13-11(15(20)21-10)9(2)12(22-13)14(19)18-7-5-16-6-8-18/h16H,3-8H2,1-2H3. The zero-order valence-electron chi connectivity index (χ0n) is 12.8. The van der Waals surface area contributed by atoms with Crippen molar-refractivity contribution in [3.63, 3.8) is 0 Å². The van der Waals surface area contributed by atoms with E-state index in [1.165, 1.54) is 11.3 Å². The summed E-state index contributed by atoms with van der Waals surface area (Å²) in [6.45, 7) is 6.79. The van der Waals surface area contributed by atoms with Gasteiger partial charge in [-0.15, -0.1) is 11.3 Å². The summed E-state index contributed by atoms with van der Waals surface area (Å²) in [6, 6.07) is 0. The topological polar surface area (TPSA) is 75.4 Å². The van der Waals surface area contributed by atoms with Gasteiger partial charge in [-0.1, -0.05) is 6.92 Å². The smallest absolute Gasteiger partial charge is 0.348 e. The molecule has 0 radical (unpaired) electrons. The van der Waals surface area contributed by atoms with Crippen molar-refractivity contribution in [2.75, 3.05) is 26.2 Å². The fraction of sp³-hybridized carbons (Fsp3) is 0.533. The van der Waals surface area contributed by atoms with Crippen LogP contribution in [0.15, 0.2) is 9.21 Å². The zero-order chi connectivity index (χ0) is 15.7. The Morgan fingerprint density at radius 3 is 2.82 bits per heavy atom. The van der Waals surface area contributed by atoms with Crippen molar-refractivity contribution in [3.8, 4) is 0 Å². The average molecular weight is 321 g/mol. The normalized spacial score (nSPS) is 15.5. The molecule has 0 bridgehead atoms. The summed E-state index contributed by atoms with van der Waals surface area (Å²) >= 11 is 1.30. The van der Waals surface area contributed by atoms with Crippen molar-refractivity contribution >= 4 is 27.5 Å². The van der Waals surface area contributed by atoms with Gasteiger partial charge in [-0.05, 0) is 18.9 Å². The third kappa shape index (κ3) is 2.66. The number of amides is 1. The first kappa shape index (κ1) is 15.2. The second-order valence-corrected chi connectivity index (χ2v) is 6.42. The highest BCUT2D eigenvalue weighted by atomic mass is 32.1. The highest BCUT2D eigenvalue weighted by Gasteiger charge is 2.25. The predicted molar refractivity (Wildman–Crippen MR) is 85.7 cm³/mol. The molecule has 118 valence electrons. The van der Waals surface area contributed by atoms with Gasteiger partial charge in [0.15, 0.2) is 5.89 Å². The van der Waals surface area contributed by atoms with Gasteiger partial charge in [-0.2, -0.15) is 0 Å². The molecule has 7 heteroatoms. The summed E-state index contributed by atoms with van der Waals surface area (Å²) in [5.41, 5.74) is 0.300. The van der Waals surface area contributed by atoms with E-state index >= 15 is 0 Å². The van der Waals surface area contributed by atoms with Gasteiger partial charge in [0.25, 0.3) is 5.91 Å². The lowest BCUT2D eigenvalue weighted by atomic mass is 10.2. The monoisotopic (exact) mass is 321 g/mol. The molecule has 6 nitrogen and oxygen atoms in total. The Balaban J connectivity index is 2.03. The van der Waals surface area contributed by atoms with Gasteiger partial charge >= 0.3 is 5.63 Å². The van der Waals surface area contributed by atoms with E-state index in [4.69, 9.17) is 4.42 Å². The maximum absolute atomic E-state index is 12.7. The summed E-state index contributed by atoms with van der Waals surface area (Å²) in [4.78, 5) is 32.3. The van der Waals surface area contributed by atoms with Gasteiger partial charge in [0.2, 0.25) is 0 Å². The van der Waals surface area contributed by atoms with Gasteiger partial charge in [-0.3, -0.25) is 4.79 Å². The minimum absolute atomic E-state index is 0.0153. The first-order valence-corrected chi connectivity index (χ1v) is 8.36. The van der Waals surface area contributed by atoms with Gasteiger partial charge in [0.1, 0.15) is 10.2 Å². The van der Waals surface area contributed by atoms with Crippen molar-refractivity contribution in [3.05, 3.63) is 26.8 Å². The fourth-order valence-corrected chi connectivity index (χ4v) is 3.80. The van der Waals surface area contributed by atoms with Gasteiger partial charge in [0, 0.05) is 32.6 Å². The van der Waals surface area contributed by atoms with Crippen LogP contribution in [0, 0.1) is 6.92 Å². The third-order valence-electron chi connectivity index (χ3n) is 3.83. The minimum atomic E-state index is -0.387. The molecule has 1 N–H and O–H groups in total. The summed E-state index contributed by atoms with van der Waals surface area (Å²) in [5.74, 6) is 0.431. The van der Waals surface area contributed by atoms with Crippen LogP contribution in [0.3, 0.4) is 0 Å². The van der Waals surface area contributed by atoms with E-state index in [0.29, 0.717) is 46.1 Å². The van der Waals surface area contributed by atoms with Crippen LogP contribution in [0.1, 0.15) is 34.5 Å². The molecule has 22 heavy (non-hydrogen) atoms. The molecule has 3 heterocycles. The van der Waals surface area contributed by atoms with Crippen molar-refractivity contribution in [2.45, 2.75) is 26.7 Å². The van der Waals surface area contributed by atoms with Crippen molar-refractivity contribution in [1.29, 1.82) is 0 Å². The number of nitrogens with zero attached hydrogens (tertiary/aromatic N) is 2. The Morgan fingerprint density at radius 1 is 1.41 bits per heavy atom. The Kier molecular flexibility index (Phi) is 4.26. The molecule has 2 aromatic rings. The van der Waals surface area contributed by atoms with E-state index < -0.39 is 0 Å². The molecule has 0 aromatic carbocycles. The number of aromatic nitrogens is 1. The number of fused-ring (bicyclic) bond motifs is 1. The molecule has 1 aliphatic rings. The molecule has 1 saturated heterocycles. The van der Waals surface area contributed by atoms with E-state index in [1.54, 1.807) is 6.92 Å². The van der Waals surface area contributed by atoms with E-state index in [9.17, 15) is 9.59 Å². The van der Waals surface area contributed by atoms with E-state index in [-0.39, 0.29) is 11.5 Å². The number of piperazine rings is 1. The largest absolute Gasteiger partial charge is 0.408 e. The number of hydrogen-bond acceptors (Lipinski definition) is 6. The van der Waals surface area contributed by atoms with Crippen LogP contribution in [0.25, 0.3) is 10.2 Å². The maximum Gasteiger partial charge on any atom is 0.348 e. The molecule has 1 aliphatic heterocycles. The summed E-state index contributed by atoms with van der Waals surface area (Å²) in [5, 5.41) is 3.67. The molecular weight excluding hydrogens is 302 g/mol. The Hall–Kier alpha value is -1.73. The molecule has 1 fully saturated rings. The Labute approximate surface area is 132 Å². The van der Waals surface area contributed by atoms with Crippen LogP contribution in [-0.2, 0) is 6.42 Å². The van der Waals surface area contributed by atoms with Crippen molar-refractivity contribution in [1.82, 2.24) is 15.2 Å². The molecular formula is C15H19N3O3S. The van der Waals surface area contributed by atoms with E-state index in [1.807, 2.05) is 11.8 Å². The Morgan fingerprint density at radius 2 is 2.14 bits per heavy atom. The minimum Gasteiger partial charge on any atom is -0.408 e. The number of nitrogens with one attached hydrogen (secondary N) is 1. The van der Waals surface area contributed by atoms with Crippen molar-refractivity contribution < 1.29 is 9.21 Å². The summed E-state index contributed by atoms with van der Waals surface area (Å²) in [7, 11) is 0. The average Bonchev–Trinajstić information content (AvgIpc) is 2.85. The first-order valence-electron chi connectivity index (χ1n) is 7.55. The van der Waals surface area contributed by atoms with Gasteiger partial charge < -0.3 is 14.6 Å². The van der Waals surface area contributed by atoms with Crippen LogP contribution in [0.4, 0.5) is 0 Å². The van der Waals surface area contributed by atoms with Gasteiger partial charge in [0.05, 0.1) is 4.88 Å². The van der Waals surface area contributed by atoms with Crippen molar-refractivity contribution in [2.24, 2.45) is 0 Å². The molecule has 1 amide bonds. The number of thiophene rings is 1. The lowest BCUT2D eigenvalue weighted by molar-refractivity contribution is 0.0740. The Bertz CT molecular complexity index is 759. The van der Waals surface area contributed by atoms with Crippen LogP contribution in [0.5, 0.6) is 0 Å². The molecule has 3 rings (SSSR count). The highest BCUT2D eigenvalue weighted by Crippen LogP contribution is 2.28. The van der Waals surface area contributed by atoms with E-state index in [0.717, 1.165) is 19.5 Å². The third-order valence-corrected chi connectivity index (χ3v) is 5.01. The summed E-state index contributed by atoms with van der Waals surface area (Å²) < 4.78 is 5.26. The molecule has 0 aliphatic carbocycles. The second-order valence-electron chi connectivity index (χ2n) is 5.42. The number of carbonyl (C=O) groups is 1. The molecule has 0 spiro atoms. The van der Waals surface area contributed by atoms with Crippen LogP contribution in [-0.4, -0.2) is 42.0 Å². The quantitative estimate of drug-likeness (QED) is 0.928. The molecule has 0 saturated carbocycles. The number of hydrogen-bond donors (Lipinski definition) is 1. The lowest BCUT2D eigenvalue weighted by Crippen LogP contribution is -2.46. The molecule has 0 unspecified atom stereocenters. The fourth-order valence-electron chi connectivity index (χ4n) is 2.65. The number of aryl methyl sites for hydroxylation is 2. The zero-order valence-corrected chi connectivity index (χ0v) is 13.6. The number of rotatable bonds is 3. The van der Waals surface area contributed by atoms with Crippen LogP contribution >= 0.6 is 11.3 Å². The van der Waals surface area contributed by atoms with Crippen LogP contribution < -0.4 is 10.9 Å². The van der Waals surface area contributed by atoms with Gasteiger partial charge in [-0.25, -0.2) is 9.78 Å². The molecule has 0 atom stereocenters. The molecule has 2 aromatic heterocycles. The maximum atomic E-state index is 12.7. The predicted octanol–water partition coefficient (Wildman–Crippen LogP) is 1.56. The summed E-state index contributed by atoms with van der Waals surface area (Å²) in [6.07, 6.45) is 1.49.